The van der Waals surface area contributed by atoms with Gasteiger partial charge in [-0.05, 0) is 31.5 Å². The van der Waals surface area contributed by atoms with Gasteiger partial charge in [0.2, 0.25) is 5.43 Å². The van der Waals surface area contributed by atoms with Gasteiger partial charge in [-0.1, -0.05) is 35.9 Å². The molecule has 0 saturated heterocycles. The number of carboxylic acids is 1. The van der Waals surface area contributed by atoms with Crippen LogP contribution in [0.1, 0.15) is 21.5 Å². The molecule has 0 radical (unpaired) electrons. The molecule has 1 aromatic heterocycles. The number of rotatable bonds is 2. The van der Waals surface area contributed by atoms with Gasteiger partial charge in [0, 0.05) is 5.56 Å². The molecule has 110 valence electrons. The summed E-state index contributed by atoms with van der Waals surface area (Å²) >= 11 is 0. The third-order valence-corrected chi connectivity index (χ3v) is 3.61. The lowest BCUT2D eigenvalue weighted by molar-refractivity contribution is 0.0694. The Bertz CT molecular complexity index is 951. The molecule has 0 unspecified atom stereocenters. The van der Waals surface area contributed by atoms with Crippen LogP contribution in [0.4, 0.5) is 0 Å². The van der Waals surface area contributed by atoms with E-state index < -0.39 is 11.4 Å². The Morgan fingerprint density at radius 2 is 1.82 bits per heavy atom. The molecule has 0 fully saturated rings. The highest BCUT2D eigenvalue weighted by atomic mass is 16.4. The van der Waals surface area contributed by atoms with Crippen LogP contribution in [0.3, 0.4) is 0 Å². The van der Waals surface area contributed by atoms with Crippen LogP contribution in [0.25, 0.3) is 22.3 Å². The number of benzene rings is 2. The molecule has 0 bridgehead atoms. The SMILES string of the molecule is Cc1cccc(-c2oc3c(C)cccc3c(=O)c2C(=O)O)c1. The summed E-state index contributed by atoms with van der Waals surface area (Å²) in [5.74, 6) is -1.18. The quantitative estimate of drug-likeness (QED) is 0.781. The molecule has 22 heavy (non-hydrogen) atoms. The molecule has 0 atom stereocenters. The Kier molecular flexibility index (Phi) is 3.29. The average Bonchev–Trinajstić information content (AvgIpc) is 2.47. The zero-order valence-corrected chi connectivity index (χ0v) is 12.2. The van der Waals surface area contributed by atoms with Crippen molar-refractivity contribution in [1.82, 2.24) is 0 Å². The third-order valence-electron chi connectivity index (χ3n) is 3.61. The van der Waals surface area contributed by atoms with Crippen molar-refractivity contribution in [3.63, 3.8) is 0 Å². The van der Waals surface area contributed by atoms with Crippen molar-refractivity contribution in [2.75, 3.05) is 0 Å². The standard InChI is InChI=1S/C18H14O4/c1-10-5-3-7-12(9-10)17-14(18(20)21)15(19)13-8-4-6-11(2)16(13)22-17/h3-9H,1-2H3,(H,20,21). The Morgan fingerprint density at radius 3 is 2.50 bits per heavy atom. The second-order valence-corrected chi connectivity index (χ2v) is 5.26. The van der Waals surface area contributed by atoms with Crippen molar-refractivity contribution >= 4 is 16.9 Å². The van der Waals surface area contributed by atoms with Crippen molar-refractivity contribution < 1.29 is 14.3 Å². The molecule has 0 aliphatic rings. The minimum Gasteiger partial charge on any atom is -0.477 e. The number of aromatic carboxylic acids is 1. The second-order valence-electron chi connectivity index (χ2n) is 5.26. The van der Waals surface area contributed by atoms with Gasteiger partial charge in [-0.25, -0.2) is 4.79 Å². The summed E-state index contributed by atoms with van der Waals surface area (Å²) in [5, 5.41) is 9.73. The van der Waals surface area contributed by atoms with E-state index in [0.717, 1.165) is 11.1 Å². The molecular weight excluding hydrogens is 280 g/mol. The Labute approximate surface area is 126 Å². The van der Waals surface area contributed by atoms with Crippen LogP contribution in [-0.4, -0.2) is 11.1 Å². The van der Waals surface area contributed by atoms with E-state index in [1.54, 1.807) is 30.3 Å². The first kappa shape index (κ1) is 14.1. The molecule has 0 amide bonds. The maximum Gasteiger partial charge on any atom is 0.343 e. The summed E-state index contributed by atoms with van der Waals surface area (Å²) in [6.07, 6.45) is 0. The maximum absolute atomic E-state index is 12.6. The van der Waals surface area contributed by atoms with E-state index >= 15 is 0 Å². The molecule has 3 aromatic rings. The van der Waals surface area contributed by atoms with Crippen molar-refractivity contribution in [3.8, 4) is 11.3 Å². The Hall–Kier alpha value is -2.88. The first-order valence-corrected chi connectivity index (χ1v) is 6.86. The van der Waals surface area contributed by atoms with Gasteiger partial charge < -0.3 is 9.52 Å². The highest BCUT2D eigenvalue weighted by Gasteiger charge is 2.22. The molecule has 1 heterocycles. The number of fused-ring (bicyclic) bond motifs is 1. The van der Waals surface area contributed by atoms with Gasteiger partial charge in [0.05, 0.1) is 5.39 Å². The van der Waals surface area contributed by atoms with Crippen molar-refractivity contribution in [3.05, 3.63) is 69.4 Å². The first-order chi connectivity index (χ1) is 10.5. The topological polar surface area (TPSA) is 67.5 Å². The fourth-order valence-electron chi connectivity index (χ4n) is 2.54. The number of carbonyl (C=O) groups is 1. The van der Waals surface area contributed by atoms with E-state index in [2.05, 4.69) is 0 Å². The zero-order valence-electron chi connectivity index (χ0n) is 12.2. The van der Waals surface area contributed by atoms with Crippen LogP contribution in [0.2, 0.25) is 0 Å². The third kappa shape index (κ3) is 2.19. The predicted octanol–water partition coefficient (Wildman–Crippen LogP) is 3.78. The molecule has 4 heteroatoms. The van der Waals surface area contributed by atoms with E-state index in [1.165, 1.54) is 0 Å². The number of aryl methyl sites for hydroxylation is 2. The number of carboxylic acid groups (broad SMARTS) is 1. The summed E-state index contributed by atoms with van der Waals surface area (Å²) in [5.41, 5.74) is 1.91. The van der Waals surface area contributed by atoms with Gasteiger partial charge in [-0.3, -0.25) is 4.79 Å². The van der Waals surface area contributed by atoms with Crippen molar-refractivity contribution in [1.29, 1.82) is 0 Å². The van der Waals surface area contributed by atoms with Gasteiger partial charge in [-0.2, -0.15) is 0 Å². The number of hydrogen-bond acceptors (Lipinski definition) is 3. The van der Waals surface area contributed by atoms with E-state index in [-0.39, 0.29) is 16.7 Å². The van der Waals surface area contributed by atoms with E-state index in [1.807, 2.05) is 26.0 Å². The predicted molar refractivity (Wildman–Crippen MR) is 84.4 cm³/mol. The van der Waals surface area contributed by atoms with Gasteiger partial charge in [0.25, 0.3) is 0 Å². The normalized spacial score (nSPS) is 10.8. The fourth-order valence-corrected chi connectivity index (χ4v) is 2.54. The monoisotopic (exact) mass is 294 g/mol. The summed E-state index contributed by atoms with van der Waals surface area (Å²) in [6.45, 7) is 3.72. The molecule has 3 rings (SSSR count). The van der Waals surface area contributed by atoms with Crippen molar-refractivity contribution in [2.45, 2.75) is 13.8 Å². The summed E-state index contributed by atoms with van der Waals surface area (Å²) < 4.78 is 5.83. The lowest BCUT2D eigenvalue weighted by Gasteiger charge is -2.09. The highest BCUT2D eigenvalue weighted by molar-refractivity contribution is 5.98. The van der Waals surface area contributed by atoms with Crippen LogP contribution in [0.15, 0.2) is 51.7 Å². The van der Waals surface area contributed by atoms with E-state index in [4.69, 9.17) is 4.42 Å². The fraction of sp³-hybridized carbons (Fsp3) is 0.111. The summed E-state index contributed by atoms with van der Waals surface area (Å²) in [7, 11) is 0. The average molecular weight is 294 g/mol. The minimum atomic E-state index is -1.28. The van der Waals surface area contributed by atoms with E-state index in [9.17, 15) is 14.7 Å². The largest absolute Gasteiger partial charge is 0.477 e. The molecular formula is C18H14O4. The zero-order chi connectivity index (χ0) is 15.9. The molecule has 0 aliphatic heterocycles. The molecule has 2 aromatic carbocycles. The molecule has 4 nitrogen and oxygen atoms in total. The van der Waals surface area contributed by atoms with Crippen LogP contribution in [0.5, 0.6) is 0 Å². The second kappa shape index (κ2) is 5.15. The van der Waals surface area contributed by atoms with Crippen LogP contribution in [-0.2, 0) is 0 Å². The Balaban J connectivity index is 2.48. The molecule has 0 saturated carbocycles. The minimum absolute atomic E-state index is 0.100. The molecule has 0 spiro atoms. The summed E-state index contributed by atoms with van der Waals surface area (Å²) in [6, 6.07) is 12.4. The van der Waals surface area contributed by atoms with Crippen LogP contribution in [0, 0.1) is 13.8 Å². The van der Waals surface area contributed by atoms with Gasteiger partial charge in [0.15, 0.2) is 11.3 Å². The number of para-hydroxylation sites is 1. The molecule has 1 N–H and O–H groups in total. The maximum atomic E-state index is 12.6. The first-order valence-electron chi connectivity index (χ1n) is 6.86. The van der Waals surface area contributed by atoms with Gasteiger partial charge >= 0.3 is 5.97 Å². The van der Waals surface area contributed by atoms with Crippen LogP contribution >= 0.6 is 0 Å². The lowest BCUT2D eigenvalue weighted by Crippen LogP contribution is -2.16. The number of hydrogen-bond donors (Lipinski definition) is 1. The van der Waals surface area contributed by atoms with Crippen LogP contribution < -0.4 is 5.43 Å². The van der Waals surface area contributed by atoms with Crippen molar-refractivity contribution in [2.24, 2.45) is 0 Å². The van der Waals surface area contributed by atoms with Gasteiger partial charge in [0.1, 0.15) is 5.58 Å². The highest BCUT2D eigenvalue weighted by Crippen LogP contribution is 2.28. The Morgan fingerprint density at radius 1 is 1.09 bits per heavy atom. The lowest BCUT2D eigenvalue weighted by atomic mass is 10.0. The van der Waals surface area contributed by atoms with Gasteiger partial charge in [-0.15, -0.1) is 0 Å². The van der Waals surface area contributed by atoms with E-state index in [0.29, 0.717) is 11.1 Å². The smallest absolute Gasteiger partial charge is 0.343 e. The molecule has 0 aliphatic carbocycles. The summed E-state index contributed by atoms with van der Waals surface area (Å²) in [4.78, 5) is 24.1.